The summed E-state index contributed by atoms with van der Waals surface area (Å²) in [6.45, 7) is 7.12. The van der Waals surface area contributed by atoms with E-state index < -0.39 is 0 Å². The van der Waals surface area contributed by atoms with E-state index in [4.69, 9.17) is 4.74 Å². The third-order valence-electron chi connectivity index (χ3n) is 2.77. The third kappa shape index (κ3) is 2.09. The maximum Gasteiger partial charge on any atom is 0.257 e. The minimum atomic E-state index is 0.0354. The highest BCUT2D eigenvalue weighted by Gasteiger charge is 2.27. The van der Waals surface area contributed by atoms with Crippen molar-refractivity contribution < 1.29 is 9.53 Å². The van der Waals surface area contributed by atoms with Gasteiger partial charge in [0.1, 0.15) is 0 Å². The highest BCUT2D eigenvalue weighted by molar-refractivity contribution is 5.95. The van der Waals surface area contributed by atoms with E-state index in [-0.39, 0.29) is 18.1 Å². The molecule has 2 rings (SSSR count). The Labute approximate surface area is 94.8 Å². The van der Waals surface area contributed by atoms with Gasteiger partial charge in [0.05, 0.1) is 24.0 Å². The number of aromatic nitrogens is 2. The van der Waals surface area contributed by atoms with Gasteiger partial charge in [0.25, 0.3) is 5.91 Å². The molecule has 0 spiro atoms. The topological polar surface area (TPSA) is 58.2 Å². The smallest absolute Gasteiger partial charge is 0.257 e. The van der Waals surface area contributed by atoms with E-state index in [1.54, 1.807) is 6.20 Å². The number of morpholine rings is 1. The minimum Gasteiger partial charge on any atom is -0.372 e. The van der Waals surface area contributed by atoms with Crippen LogP contribution < -0.4 is 0 Å². The van der Waals surface area contributed by atoms with Crippen LogP contribution in [-0.4, -0.2) is 46.3 Å². The van der Waals surface area contributed by atoms with Crippen LogP contribution in [0, 0.1) is 6.92 Å². The fourth-order valence-electron chi connectivity index (χ4n) is 2.08. The van der Waals surface area contributed by atoms with Crippen LogP contribution in [-0.2, 0) is 4.74 Å². The highest BCUT2D eigenvalue weighted by atomic mass is 16.5. The number of amides is 1. The van der Waals surface area contributed by atoms with Gasteiger partial charge >= 0.3 is 0 Å². The molecule has 1 saturated heterocycles. The second-order valence-electron chi connectivity index (χ2n) is 4.38. The quantitative estimate of drug-likeness (QED) is 0.771. The van der Waals surface area contributed by atoms with Crippen molar-refractivity contribution in [3.63, 3.8) is 0 Å². The summed E-state index contributed by atoms with van der Waals surface area (Å²) in [6.07, 6.45) is 1.78. The molecule has 1 aromatic heterocycles. The van der Waals surface area contributed by atoms with Crippen molar-refractivity contribution >= 4 is 5.91 Å². The molecule has 0 aliphatic carbocycles. The summed E-state index contributed by atoms with van der Waals surface area (Å²) in [5, 5.41) is 6.65. The van der Waals surface area contributed by atoms with Crippen LogP contribution in [0.25, 0.3) is 0 Å². The van der Waals surface area contributed by atoms with Gasteiger partial charge in [-0.15, -0.1) is 0 Å². The van der Waals surface area contributed by atoms with E-state index in [0.717, 1.165) is 5.69 Å². The predicted octanol–water partition coefficient (Wildman–Crippen LogP) is 0.968. The predicted molar refractivity (Wildman–Crippen MR) is 59.2 cm³/mol. The van der Waals surface area contributed by atoms with E-state index in [2.05, 4.69) is 10.2 Å². The van der Waals surface area contributed by atoms with Gasteiger partial charge in [-0.25, -0.2) is 0 Å². The van der Waals surface area contributed by atoms with Crippen molar-refractivity contribution in [3.8, 4) is 0 Å². The number of aryl methyl sites for hydroxylation is 1. The Balaban J connectivity index is 2.13. The van der Waals surface area contributed by atoms with Crippen LogP contribution in [0.4, 0.5) is 0 Å². The van der Waals surface area contributed by atoms with Crippen molar-refractivity contribution in [3.05, 3.63) is 17.5 Å². The number of H-pyrrole nitrogens is 1. The monoisotopic (exact) mass is 223 g/mol. The van der Waals surface area contributed by atoms with Crippen LogP contribution in [0.15, 0.2) is 6.20 Å². The number of hydrogen-bond acceptors (Lipinski definition) is 3. The summed E-state index contributed by atoms with van der Waals surface area (Å²) < 4.78 is 5.60. The Hall–Kier alpha value is -1.36. The minimum absolute atomic E-state index is 0.0354. The van der Waals surface area contributed by atoms with E-state index in [9.17, 15) is 4.79 Å². The third-order valence-corrected chi connectivity index (χ3v) is 2.77. The van der Waals surface area contributed by atoms with Gasteiger partial charge in [0, 0.05) is 18.8 Å². The summed E-state index contributed by atoms with van der Waals surface area (Å²) >= 11 is 0. The summed E-state index contributed by atoms with van der Waals surface area (Å²) in [5.74, 6) is 0.0354. The number of aromatic amines is 1. The van der Waals surface area contributed by atoms with Gasteiger partial charge in [-0.05, 0) is 20.8 Å². The van der Waals surface area contributed by atoms with E-state index in [1.807, 2.05) is 25.7 Å². The van der Waals surface area contributed by atoms with E-state index in [0.29, 0.717) is 18.7 Å². The molecule has 1 amide bonds. The van der Waals surface area contributed by atoms with Gasteiger partial charge in [0.15, 0.2) is 0 Å². The van der Waals surface area contributed by atoms with Crippen molar-refractivity contribution in [2.24, 2.45) is 0 Å². The molecule has 0 aromatic carbocycles. The van der Waals surface area contributed by atoms with Gasteiger partial charge in [-0.1, -0.05) is 0 Å². The lowest BCUT2D eigenvalue weighted by Crippen LogP contribution is -2.48. The molecule has 2 atom stereocenters. The number of ether oxygens (including phenoxy) is 1. The zero-order valence-electron chi connectivity index (χ0n) is 9.86. The van der Waals surface area contributed by atoms with Crippen LogP contribution in [0.1, 0.15) is 29.9 Å². The SMILES string of the molecule is Cc1[nH]ncc1C(=O)N1CC(C)OC(C)C1. The molecule has 0 radical (unpaired) electrons. The van der Waals surface area contributed by atoms with Gasteiger partial charge in [-0.3, -0.25) is 9.89 Å². The summed E-state index contributed by atoms with van der Waals surface area (Å²) in [4.78, 5) is 14.0. The van der Waals surface area contributed by atoms with E-state index >= 15 is 0 Å². The molecule has 1 fully saturated rings. The maximum atomic E-state index is 12.2. The standard InChI is InChI=1S/C11H17N3O2/c1-7-5-14(6-8(2)16-7)11(15)10-4-12-13-9(10)3/h4,7-8H,5-6H2,1-3H3,(H,12,13). The molecule has 0 bridgehead atoms. The number of carbonyl (C=O) groups is 1. The van der Waals surface area contributed by atoms with Crippen LogP contribution in [0.2, 0.25) is 0 Å². The molecule has 1 aliphatic rings. The molecule has 0 saturated carbocycles. The zero-order valence-corrected chi connectivity index (χ0v) is 9.86. The largest absolute Gasteiger partial charge is 0.372 e. The van der Waals surface area contributed by atoms with Crippen LogP contribution in [0.3, 0.4) is 0 Å². The Morgan fingerprint density at radius 3 is 2.62 bits per heavy atom. The van der Waals surface area contributed by atoms with Crippen molar-refractivity contribution in [1.82, 2.24) is 15.1 Å². The zero-order chi connectivity index (χ0) is 11.7. The number of hydrogen-bond donors (Lipinski definition) is 1. The molecule has 1 N–H and O–H groups in total. The number of carbonyl (C=O) groups excluding carboxylic acids is 1. The molecular weight excluding hydrogens is 206 g/mol. The van der Waals surface area contributed by atoms with Crippen LogP contribution >= 0.6 is 0 Å². The highest BCUT2D eigenvalue weighted by Crippen LogP contribution is 2.15. The summed E-state index contributed by atoms with van der Waals surface area (Å²) in [7, 11) is 0. The number of rotatable bonds is 1. The number of nitrogens with zero attached hydrogens (tertiary/aromatic N) is 2. The molecular formula is C11H17N3O2. The second-order valence-corrected chi connectivity index (χ2v) is 4.38. The number of nitrogens with one attached hydrogen (secondary N) is 1. The summed E-state index contributed by atoms with van der Waals surface area (Å²) in [5.41, 5.74) is 1.47. The lowest BCUT2D eigenvalue weighted by Gasteiger charge is -2.35. The average Bonchev–Trinajstić information content (AvgIpc) is 2.62. The maximum absolute atomic E-state index is 12.2. The Morgan fingerprint density at radius 1 is 1.50 bits per heavy atom. The first-order valence-electron chi connectivity index (χ1n) is 5.52. The normalized spacial score (nSPS) is 25.8. The van der Waals surface area contributed by atoms with Gasteiger partial charge in [0.2, 0.25) is 0 Å². The van der Waals surface area contributed by atoms with Crippen LogP contribution in [0.5, 0.6) is 0 Å². The first-order chi connectivity index (χ1) is 7.58. The molecule has 5 nitrogen and oxygen atoms in total. The Kier molecular flexibility index (Phi) is 2.96. The molecule has 1 aromatic rings. The first kappa shape index (κ1) is 11.1. The van der Waals surface area contributed by atoms with Crippen molar-refractivity contribution in [1.29, 1.82) is 0 Å². The van der Waals surface area contributed by atoms with Gasteiger partial charge in [-0.2, -0.15) is 5.10 Å². The fraction of sp³-hybridized carbons (Fsp3) is 0.636. The average molecular weight is 223 g/mol. The molecule has 16 heavy (non-hydrogen) atoms. The first-order valence-corrected chi connectivity index (χ1v) is 5.52. The van der Waals surface area contributed by atoms with E-state index in [1.165, 1.54) is 0 Å². The lowest BCUT2D eigenvalue weighted by atomic mass is 10.2. The van der Waals surface area contributed by atoms with Gasteiger partial charge < -0.3 is 9.64 Å². The molecule has 2 heterocycles. The lowest BCUT2D eigenvalue weighted by molar-refractivity contribution is -0.0586. The molecule has 88 valence electrons. The molecule has 1 aliphatic heterocycles. The van der Waals surface area contributed by atoms with Crippen molar-refractivity contribution in [2.45, 2.75) is 33.0 Å². The van der Waals surface area contributed by atoms with Crippen molar-refractivity contribution in [2.75, 3.05) is 13.1 Å². The Bertz CT molecular complexity index is 378. The molecule has 2 unspecified atom stereocenters. The Morgan fingerprint density at radius 2 is 2.12 bits per heavy atom. The second kappa shape index (κ2) is 4.25. The molecule has 5 heteroatoms. The summed E-state index contributed by atoms with van der Waals surface area (Å²) in [6, 6.07) is 0. The fourth-order valence-corrected chi connectivity index (χ4v) is 2.08.